The van der Waals surface area contributed by atoms with Gasteiger partial charge < -0.3 is 9.84 Å². The van der Waals surface area contributed by atoms with Gasteiger partial charge in [0.15, 0.2) is 0 Å². The fourth-order valence-electron chi connectivity index (χ4n) is 1.86. The van der Waals surface area contributed by atoms with E-state index in [2.05, 4.69) is 6.92 Å². The first-order valence-electron chi connectivity index (χ1n) is 7.54. The quantitative estimate of drug-likeness (QED) is 0.486. The predicted molar refractivity (Wildman–Crippen MR) is 79.5 cm³/mol. The van der Waals surface area contributed by atoms with E-state index in [-0.39, 0.29) is 5.97 Å². The fourth-order valence-corrected chi connectivity index (χ4v) is 1.86. The van der Waals surface area contributed by atoms with E-state index in [1.54, 1.807) is 13.8 Å². The van der Waals surface area contributed by atoms with Crippen LogP contribution in [0.25, 0.3) is 0 Å². The van der Waals surface area contributed by atoms with Crippen LogP contribution in [0.2, 0.25) is 0 Å². The van der Waals surface area contributed by atoms with Crippen LogP contribution in [0.15, 0.2) is 0 Å². The summed E-state index contributed by atoms with van der Waals surface area (Å²) in [6.07, 6.45) is 5.00. The molecular weight excluding hydrogens is 256 g/mol. The Morgan fingerprint density at radius 2 is 1.50 bits per heavy atom. The number of esters is 1. The molecule has 0 unspecified atom stereocenters. The van der Waals surface area contributed by atoms with Crippen molar-refractivity contribution >= 4 is 11.9 Å². The van der Waals surface area contributed by atoms with Gasteiger partial charge in [0.2, 0.25) is 0 Å². The van der Waals surface area contributed by atoms with Crippen LogP contribution in [0.4, 0.5) is 0 Å². The molecule has 0 aromatic heterocycles. The van der Waals surface area contributed by atoms with Crippen LogP contribution in [-0.2, 0) is 14.3 Å². The molecule has 0 saturated heterocycles. The number of carboxylic acid groups (broad SMARTS) is 1. The van der Waals surface area contributed by atoms with E-state index in [1.807, 2.05) is 13.8 Å². The largest absolute Gasteiger partial charge is 0.481 e. The zero-order valence-corrected chi connectivity index (χ0v) is 13.6. The second kappa shape index (κ2) is 8.28. The predicted octanol–water partition coefficient (Wildman–Crippen LogP) is 4.03. The summed E-state index contributed by atoms with van der Waals surface area (Å²) in [4.78, 5) is 22.9. The molecule has 0 aliphatic rings. The Hall–Kier alpha value is -1.06. The molecule has 118 valence electrons. The molecule has 0 amide bonds. The summed E-state index contributed by atoms with van der Waals surface area (Å²) in [6.45, 7) is 9.75. The number of carbonyl (C=O) groups is 2. The molecule has 0 atom stereocenters. The third-order valence-electron chi connectivity index (χ3n) is 3.72. The molecule has 0 aliphatic heterocycles. The molecule has 0 heterocycles. The highest BCUT2D eigenvalue weighted by Crippen LogP contribution is 2.26. The minimum atomic E-state index is -0.782. The highest BCUT2D eigenvalue weighted by atomic mass is 16.5. The first kappa shape index (κ1) is 18.9. The molecule has 0 bridgehead atoms. The molecule has 0 aliphatic carbocycles. The van der Waals surface area contributed by atoms with Crippen LogP contribution in [-0.4, -0.2) is 23.7 Å². The number of carbonyl (C=O) groups excluding carboxylic acids is 1. The summed E-state index contributed by atoms with van der Waals surface area (Å²) < 4.78 is 5.29. The molecule has 0 saturated carbocycles. The summed E-state index contributed by atoms with van der Waals surface area (Å²) in [7, 11) is 0. The molecule has 0 rings (SSSR count). The first-order valence-corrected chi connectivity index (χ1v) is 7.54. The van der Waals surface area contributed by atoms with Crippen molar-refractivity contribution in [3.05, 3.63) is 0 Å². The lowest BCUT2D eigenvalue weighted by atomic mass is 9.87. The Kier molecular flexibility index (Phi) is 7.84. The maximum Gasteiger partial charge on any atom is 0.311 e. The van der Waals surface area contributed by atoms with Crippen LogP contribution in [0.1, 0.15) is 73.1 Å². The number of ether oxygens (including phenoxy) is 1. The topological polar surface area (TPSA) is 63.6 Å². The van der Waals surface area contributed by atoms with Gasteiger partial charge in [-0.1, -0.05) is 19.8 Å². The summed E-state index contributed by atoms with van der Waals surface area (Å²) in [6, 6.07) is 0. The van der Waals surface area contributed by atoms with Gasteiger partial charge in [-0.25, -0.2) is 0 Å². The van der Waals surface area contributed by atoms with Gasteiger partial charge in [-0.15, -0.1) is 0 Å². The average molecular weight is 286 g/mol. The lowest BCUT2D eigenvalue weighted by Crippen LogP contribution is -2.27. The van der Waals surface area contributed by atoms with Gasteiger partial charge >= 0.3 is 11.9 Å². The van der Waals surface area contributed by atoms with Crippen molar-refractivity contribution < 1.29 is 19.4 Å². The molecule has 4 nitrogen and oxygen atoms in total. The third kappa shape index (κ3) is 6.92. The molecular formula is C16H30O4. The maximum atomic E-state index is 11.9. The standard InChI is InChI=1S/C16H30O4/c1-6-7-10-16(4,5)14(19)20-12-9-8-11-15(2,3)13(17)18/h6-12H2,1-5H3,(H,17,18). The van der Waals surface area contributed by atoms with Gasteiger partial charge in [0.1, 0.15) is 0 Å². The van der Waals surface area contributed by atoms with Crippen molar-refractivity contribution in [3.8, 4) is 0 Å². The zero-order valence-electron chi connectivity index (χ0n) is 13.6. The lowest BCUT2D eigenvalue weighted by molar-refractivity contribution is -0.155. The second-order valence-electron chi connectivity index (χ2n) is 6.77. The smallest absolute Gasteiger partial charge is 0.311 e. The van der Waals surface area contributed by atoms with Crippen molar-refractivity contribution in [1.29, 1.82) is 0 Å². The molecule has 4 heteroatoms. The SMILES string of the molecule is CCCCC(C)(C)C(=O)OCCCCC(C)(C)C(=O)O. The number of unbranched alkanes of at least 4 members (excludes halogenated alkanes) is 2. The Morgan fingerprint density at radius 3 is 2.00 bits per heavy atom. The van der Waals surface area contributed by atoms with Crippen molar-refractivity contribution in [2.45, 2.75) is 73.1 Å². The molecule has 20 heavy (non-hydrogen) atoms. The number of hydrogen-bond acceptors (Lipinski definition) is 3. The third-order valence-corrected chi connectivity index (χ3v) is 3.72. The van der Waals surface area contributed by atoms with Gasteiger partial charge in [0.25, 0.3) is 0 Å². The van der Waals surface area contributed by atoms with E-state index in [9.17, 15) is 9.59 Å². The van der Waals surface area contributed by atoms with Crippen molar-refractivity contribution in [2.75, 3.05) is 6.61 Å². The van der Waals surface area contributed by atoms with Gasteiger partial charge in [0, 0.05) is 0 Å². The minimum Gasteiger partial charge on any atom is -0.481 e. The van der Waals surface area contributed by atoms with Crippen LogP contribution < -0.4 is 0 Å². The van der Waals surface area contributed by atoms with Gasteiger partial charge in [-0.2, -0.15) is 0 Å². The van der Waals surface area contributed by atoms with Crippen molar-refractivity contribution in [3.63, 3.8) is 0 Å². The van der Waals surface area contributed by atoms with Crippen LogP contribution in [0.3, 0.4) is 0 Å². The minimum absolute atomic E-state index is 0.150. The Bertz CT molecular complexity index is 318. The van der Waals surface area contributed by atoms with Crippen LogP contribution >= 0.6 is 0 Å². The zero-order chi connectivity index (χ0) is 15.8. The molecule has 0 aromatic carbocycles. The lowest BCUT2D eigenvalue weighted by Gasteiger charge is -2.22. The molecule has 0 aromatic rings. The summed E-state index contributed by atoms with van der Waals surface area (Å²) in [5.74, 6) is -0.932. The molecule has 1 N–H and O–H groups in total. The Labute approximate surface area is 122 Å². The van der Waals surface area contributed by atoms with E-state index < -0.39 is 16.8 Å². The Morgan fingerprint density at radius 1 is 0.950 bits per heavy atom. The summed E-state index contributed by atoms with van der Waals surface area (Å²) >= 11 is 0. The number of carboxylic acids is 1. The van der Waals surface area contributed by atoms with E-state index in [0.717, 1.165) is 25.7 Å². The van der Waals surface area contributed by atoms with E-state index >= 15 is 0 Å². The van der Waals surface area contributed by atoms with Crippen LogP contribution in [0, 0.1) is 10.8 Å². The summed E-state index contributed by atoms with van der Waals surface area (Å²) in [5.41, 5.74) is -1.12. The van der Waals surface area contributed by atoms with Crippen molar-refractivity contribution in [1.82, 2.24) is 0 Å². The molecule has 0 spiro atoms. The second-order valence-corrected chi connectivity index (χ2v) is 6.77. The van der Waals surface area contributed by atoms with Crippen molar-refractivity contribution in [2.24, 2.45) is 10.8 Å². The maximum absolute atomic E-state index is 11.9. The van der Waals surface area contributed by atoms with Gasteiger partial charge in [0.05, 0.1) is 17.4 Å². The first-order chi connectivity index (χ1) is 9.13. The Balaban J connectivity index is 3.90. The normalized spacial score (nSPS) is 12.2. The number of hydrogen-bond donors (Lipinski definition) is 1. The van der Waals surface area contributed by atoms with E-state index in [1.165, 1.54) is 0 Å². The molecule has 0 radical (unpaired) electrons. The highest BCUT2D eigenvalue weighted by molar-refractivity contribution is 5.75. The van der Waals surface area contributed by atoms with E-state index in [0.29, 0.717) is 19.4 Å². The fraction of sp³-hybridized carbons (Fsp3) is 0.875. The number of rotatable bonds is 10. The summed E-state index contributed by atoms with van der Waals surface area (Å²) in [5, 5.41) is 8.99. The highest BCUT2D eigenvalue weighted by Gasteiger charge is 2.29. The number of aliphatic carboxylic acids is 1. The van der Waals surface area contributed by atoms with Gasteiger partial charge in [-0.05, 0) is 53.4 Å². The monoisotopic (exact) mass is 286 g/mol. The van der Waals surface area contributed by atoms with E-state index in [4.69, 9.17) is 9.84 Å². The average Bonchev–Trinajstić information content (AvgIpc) is 2.35. The molecule has 0 fully saturated rings. The van der Waals surface area contributed by atoms with Crippen LogP contribution in [0.5, 0.6) is 0 Å². The van der Waals surface area contributed by atoms with Gasteiger partial charge in [-0.3, -0.25) is 9.59 Å².